The van der Waals surface area contributed by atoms with Crippen molar-refractivity contribution in [2.45, 2.75) is 59.0 Å². The van der Waals surface area contributed by atoms with Crippen molar-refractivity contribution in [3.05, 3.63) is 89.0 Å². The number of hydrogen-bond donors (Lipinski definition) is 3. The highest BCUT2D eigenvalue weighted by atomic mass is 79.9. The lowest BCUT2D eigenvalue weighted by Crippen LogP contribution is -2.21. The van der Waals surface area contributed by atoms with E-state index in [1.165, 1.54) is 11.1 Å². The Morgan fingerprint density at radius 2 is 1.61 bits per heavy atom. The number of benzene rings is 3. The van der Waals surface area contributed by atoms with Gasteiger partial charge in [0.1, 0.15) is 18.1 Å². The molecule has 3 rings (SSSR count). The highest BCUT2D eigenvalue weighted by molar-refractivity contribution is 8.93. The van der Waals surface area contributed by atoms with Gasteiger partial charge in [0.25, 0.3) is 0 Å². The van der Waals surface area contributed by atoms with E-state index in [0.717, 1.165) is 75.1 Å². The number of anilines is 1. The Morgan fingerprint density at radius 3 is 2.34 bits per heavy atom. The van der Waals surface area contributed by atoms with Gasteiger partial charge in [-0.05, 0) is 85.3 Å². The Morgan fingerprint density at radius 1 is 0.816 bits per heavy atom. The van der Waals surface area contributed by atoms with Crippen molar-refractivity contribution in [1.29, 1.82) is 0 Å². The Balaban J connectivity index is 0.00000507. The van der Waals surface area contributed by atoms with E-state index in [2.05, 4.69) is 42.7 Å². The number of hydrogen-bond acceptors (Lipinski definition) is 4. The molecule has 0 aliphatic rings. The summed E-state index contributed by atoms with van der Waals surface area (Å²) in [4.78, 5) is 11.5. The Hall–Kier alpha value is -3.03. The lowest BCUT2D eigenvalue weighted by molar-refractivity contribution is 0.259. The largest absolute Gasteiger partial charge is 0.494 e. The van der Waals surface area contributed by atoms with E-state index >= 15 is 0 Å². The topological polar surface area (TPSA) is 85.6 Å². The van der Waals surface area contributed by atoms with Gasteiger partial charge in [0.15, 0.2) is 0 Å². The molecule has 0 saturated carbocycles. The van der Waals surface area contributed by atoms with Crippen molar-refractivity contribution in [2.75, 3.05) is 25.0 Å². The molecular formula is C31H42BrN3O3. The molecule has 0 unspecified atom stereocenters. The molecule has 4 N–H and O–H groups in total. The van der Waals surface area contributed by atoms with Crippen molar-refractivity contribution < 1.29 is 14.3 Å². The molecule has 0 heterocycles. The molecule has 0 saturated heterocycles. The van der Waals surface area contributed by atoms with Crippen LogP contribution in [0.4, 0.5) is 10.5 Å². The van der Waals surface area contributed by atoms with Crippen LogP contribution in [-0.2, 0) is 25.9 Å². The molecule has 0 aliphatic carbocycles. The van der Waals surface area contributed by atoms with Crippen LogP contribution in [0.15, 0.2) is 66.7 Å². The molecule has 0 aliphatic heterocycles. The number of unbranched alkanes of at least 4 members (excludes halogenated alkanes) is 1. The number of rotatable bonds is 16. The summed E-state index contributed by atoms with van der Waals surface area (Å²) in [5.74, 6) is 1.58. The standard InChI is InChI=1S/C31H41N3O3.BrH/c1-3-5-20-36-28-14-13-26(27(22-28)9-4-2)17-19-33-18-16-24-12-15-30(29(21-24)34-31(32)35)37-23-25-10-7-6-8-11-25;/h6-8,10-15,21-22,33H,3-5,9,16-20,23H2,1-2H3,(H3,32,34,35);1H. The van der Waals surface area contributed by atoms with Crippen LogP contribution < -0.4 is 25.8 Å². The summed E-state index contributed by atoms with van der Waals surface area (Å²) >= 11 is 0. The van der Waals surface area contributed by atoms with Crippen LogP contribution in [0.5, 0.6) is 11.5 Å². The van der Waals surface area contributed by atoms with Crippen LogP contribution in [-0.4, -0.2) is 25.7 Å². The minimum atomic E-state index is -0.607. The van der Waals surface area contributed by atoms with Gasteiger partial charge >= 0.3 is 6.03 Å². The molecule has 38 heavy (non-hydrogen) atoms. The molecule has 0 fully saturated rings. The number of halogens is 1. The van der Waals surface area contributed by atoms with Gasteiger partial charge in [0, 0.05) is 0 Å². The molecule has 0 spiro atoms. The predicted octanol–water partition coefficient (Wildman–Crippen LogP) is 6.84. The van der Waals surface area contributed by atoms with Gasteiger partial charge in [0.2, 0.25) is 0 Å². The number of ether oxygens (including phenoxy) is 2. The SMILES string of the molecule is Br.CCCCOc1ccc(CCNCCc2ccc(OCc3ccccc3)c(NC(N)=O)c2)c(CCC)c1. The van der Waals surface area contributed by atoms with E-state index in [0.29, 0.717) is 18.0 Å². The van der Waals surface area contributed by atoms with Gasteiger partial charge in [-0.15, -0.1) is 17.0 Å². The van der Waals surface area contributed by atoms with Gasteiger partial charge in [-0.1, -0.05) is 69.2 Å². The van der Waals surface area contributed by atoms with Gasteiger partial charge in [-0.3, -0.25) is 0 Å². The van der Waals surface area contributed by atoms with E-state index in [-0.39, 0.29) is 17.0 Å². The highest BCUT2D eigenvalue weighted by Gasteiger charge is 2.09. The summed E-state index contributed by atoms with van der Waals surface area (Å²) in [5, 5.41) is 6.25. The van der Waals surface area contributed by atoms with Crippen molar-refractivity contribution in [3.63, 3.8) is 0 Å². The van der Waals surface area contributed by atoms with Crippen LogP contribution in [0.25, 0.3) is 0 Å². The van der Waals surface area contributed by atoms with Crippen LogP contribution in [0, 0.1) is 0 Å². The number of carbonyl (C=O) groups is 1. The minimum absolute atomic E-state index is 0. The number of nitrogens with one attached hydrogen (secondary N) is 2. The van der Waals surface area contributed by atoms with Crippen LogP contribution in [0.3, 0.4) is 0 Å². The Bertz CT molecular complexity index is 1110. The second kappa shape index (κ2) is 17.5. The van der Waals surface area contributed by atoms with Gasteiger partial charge in [-0.2, -0.15) is 0 Å². The average Bonchev–Trinajstić information content (AvgIpc) is 2.89. The van der Waals surface area contributed by atoms with Gasteiger partial charge in [0.05, 0.1) is 12.3 Å². The number of primary amides is 1. The summed E-state index contributed by atoms with van der Waals surface area (Å²) in [6, 6.07) is 21.7. The normalized spacial score (nSPS) is 10.5. The first kappa shape index (κ1) is 31.2. The monoisotopic (exact) mass is 583 g/mol. The highest BCUT2D eigenvalue weighted by Crippen LogP contribution is 2.27. The lowest BCUT2D eigenvalue weighted by Gasteiger charge is -2.14. The molecule has 3 aromatic carbocycles. The van der Waals surface area contributed by atoms with Crippen molar-refractivity contribution >= 4 is 28.7 Å². The molecular weight excluding hydrogens is 542 g/mol. The van der Waals surface area contributed by atoms with E-state index in [1.54, 1.807) is 0 Å². The average molecular weight is 585 g/mol. The van der Waals surface area contributed by atoms with E-state index in [1.807, 2.05) is 48.5 Å². The molecule has 3 aromatic rings. The summed E-state index contributed by atoms with van der Waals surface area (Å²) in [6.45, 7) is 7.32. The third-order valence-corrected chi connectivity index (χ3v) is 6.16. The van der Waals surface area contributed by atoms with Gasteiger partial charge < -0.3 is 25.8 Å². The number of nitrogens with two attached hydrogens (primary N) is 1. The second-order valence-corrected chi connectivity index (χ2v) is 9.23. The fourth-order valence-corrected chi connectivity index (χ4v) is 4.18. The number of urea groups is 1. The van der Waals surface area contributed by atoms with Crippen LogP contribution in [0.1, 0.15) is 55.4 Å². The Labute approximate surface area is 238 Å². The molecule has 7 heteroatoms. The van der Waals surface area contributed by atoms with Crippen molar-refractivity contribution in [3.8, 4) is 11.5 Å². The van der Waals surface area contributed by atoms with E-state index < -0.39 is 6.03 Å². The van der Waals surface area contributed by atoms with Crippen LogP contribution >= 0.6 is 17.0 Å². The zero-order valence-corrected chi connectivity index (χ0v) is 24.3. The molecule has 0 radical (unpaired) electrons. The molecule has 2 amide bonds. The summed E-state index contributed by atoms with van der Waals surface area (Å²) in [5.41, 5.74) is 10.9. The molecule has 0 bridgehead atoms. The fourth-order valence-electron chi connectivity index (χ4n) is 4.18. The predicted molar refractivity (Wildman–Crippen MR) is 162 cm³/mol. The molecule has 0 atom stereocenters. The Kier molecular flexibility index (Phi) is 14.3. The first-order chi connectivity index (χ1) is 18.1. The number of amides is 2. The number of carbonyl (C=O) groups excluding carboxylic acids is 1. The third-order valence-electron chi connectivity index (χ3n) is 6.16. The minimum Gasteiger partial charge on any atom is -0.494 e. The summed E-state index contributed by atoms with van der Waals surface area (Å²) in [6.07, 6.45) is 6.21. The molecule has 0 aromatic heterocycles. The quantitative estimate of drug-likeness (QED) is 0.161. The lowest BCUT2D eigenvalue weighted by atomic mass is 10.00. The molecule has 6 nitrogen and oxygen atoms in total. The summed E-state index contributed by atoms with van der Waals surface area (Å²) in [7, 11) is 0. The first-order valence-corrected chi connectivity index (χ1v) is 13.4. The van der Waals surface area contributed by atoms with E-state index in [9.17, 15) is 4.79 Å². The zero-order valence-electron chi connectivity index (χ0n) is 22.6. The second-order valence-electron chi connectivity index (χ2n) is 9.23. The van der Waals surface area contributed by atoms with Gasteiger partial charge in [-0.25, -0.2) is 4.79 Å². The zero-order chi connectivity index (χ0) is 26.3. The fraction of sp³-hybridized carbons (Fsp3) is 0.387. The smallest absolute Gasteiger partial charge is 0.316 e. The van der Waals surface area contributed by atoms with Crippen LogP contribution in [0.2, 0.25) is 0 Å². The first-order valence-electron chi connectivity index (χ1n) is 13.4. The third kappa shape index (κ3) is 10.8. The maximum atomic E-state index is 11.5. The summed E-state index contributed by atoms with van der Waals surface area (Å²) < 4.78 is 11.8. The maximum Gasteiger partial charge on any atom is 0.316 e. The van der Waals surface area contributed by atoms with Crippen molar-refractivity contribution in [1.82, 2.24) is 5.32 Å². The number of aryl methyl sites for hydroxylation is 1. The van der Waals surface area contributed by atoms with E-state index in [4.69, 9.17) is 15.2 Å². The van der Waals surface area contributed by atoms with Crippen molar-refractivity contribution in [2.24, 2.45) is 5.73 Å². The maximum absolute atomic E-state index is 11.5. The molecule has 206 valence electrons.